The van der Waals surface area contributed by atoms with Crippen LogP contribution in [0.4, 0.5) is 13.2 Å². The van der Waals surface area contributed by atoms with Gasteiger partial charge >= 0.3 is 6.18 Å². The van der Waals surface area contributed by atoms with E-state index in [-0.39, 0.29) is 12.1 Å². The first-order chi connectivity index (χ1) is 12.3. The molecule has 0 aliphatic rings. The third-order valence-corrected chi connectivity index (χ3v) is 3.83. The quantitative estimate of drug-likeness (QED) is 0.780. The highest BCUT2D eigenvalue weighted by molar-refractivity contribution is 5.93. The lowest BCUT2D eigenvalue weighted by molar-refractivity contribution is -0.137. The maximum Gasteiger partial charge on any atom is 0.416 e. The molecule has 3 rings (SSSR count). The van der Waals surface area contributed by atoms with Gasteiger partial charge in [-0.05, 0) is 36.2 Å². The summed E-state index contributed by atoms with van der Waals surface area (Å²) < 4.78 is 38.9. The smallest absolute Gasteiger partial charge is 0.348 e. The number of hydrogen-bond donors (Lipinski definition) is 1. The molecule has 1 aromatic carbocycles. The molecule has 3 aromatic rings. The van der Waals surface area contributed by atoms with Crippen molar-refractivity contribution in [2.75, 3.05) is 0 Å². The van der Waals surface area contributed by atoms with Gasteiger partial charge < -0.3 is 5.32 Å². The number of nitrogens with one attached hydrogen (secondary N) is 1. The predicted molar refractivity (Wildman–Crippen MR) is 88.8 cm³/mol. The summed E-state index contributed by atoms with van der Waals surface area (Å²) in [5, 5.41) is 2.52. The zero-order valence-electron chi connectivity index (χ0n) is 13.7. The Morgan fingerprint density at radius 1 is 1.15 bits per heavy atom. The van der Waals surface area contributed by atoms with E-state index in [4.69, 9.17) is 0 Å². The van der Waals surface area contributed by atoms with E-state index in [9.17, 15) is 22.8 Å². The van der Waals surface area contributed by atoms with Crippen molar-refractivity contribution in [1.29, 1.82) is 0 Å². The van der Waals surface area contributed by atoms with Gasteiger partial charge in [-0.15, -0.1) is 0 Å². The van der Waals surface area contributed by atoms with Crippen molar-refractivity contribution in [3.63, 3.8) is 0 Å². The number of pyridine rings is 1. The molecule has 0 fully saturated rings. The van der Waals surface area contributed by atoms with Crippen molar-refractivity contribution in [2.45, 2.75) is 19.6 Å². The SMILES string of the molecule is Cc1ccc2ncc(C(=O)NCc3ccc(C(F)(F)F)cc3)c(=O)n2c1. The highest BCUT2D eigenvalue weighted by Gasteiger charge is 2.29. The van der Waals surface area contributed by atoms with Crippen LogP contribution in [0.5, 0.6) is 0 Å². The highest BCUT2D eigenvalue weighted by atomic mass is 19.4. The Morgan fingerprint density at radius 2 is 1.85 bits per heavy atom. The van der Waals surface area contributed by atoms with Gasteiger partial charge in [-0.2, -0.15) is 13.2 Å². The van der Waals surface area contributed by atoms with Crippen LogP contribution in [-0.4, -0.2) is 15.3 Å². The zero-order valence-corrected chi connectivity index (χ0v) is 13.7. The maximum absolute atomic E-state index is 12.5. The van der Waals surface area contributed by atoms with Crippen LogP contribution in [0.15, 0.2) is 53.6 Å². The highest BCUT2D eigenvalue weighted by Crippen LogP contribution is 2.29. The molecule has 0 saturated heterocycles. The van der Waals surface area contributed by atoms with Crippen LogP contribution < -0.4 is 10.9 Å². The molecule has 8 heteroatoms. The Hall–Kier alpha value is -3.16. The standard InChI is InChI=1S/C18H14F3N3O2/c1-11-2-7-15-22-9-14(17(26)24(15)10-11)16(25)23-8-12-3-5-13(6-4-12)18(19,20)21/h2-7,9-10H,8H2,1H3,(H,23,25). The second kappa shape index (κ2) is 6.62. The minimum absolute atomic E-state index is 0.00701. The number of aryl methyl sites for hydroxylation is 1. The lowest BCUT2D eigenvalue weighted by Gasteiger charge is -2.09. The molecule has 0 atom stereocenters. The van der Waals surface area contributed by atoms with Crippen molar-refractivity contribution >= 4 is 11.6 Å². The van der Waals surface area contributed by atoms with Crippen molar-refractivity contribution < 1.29 is 18.0 Å². The topological polar surface area (TPSA) is 63.5 Å². The number of fused-ring (bicyclic) bond motifs is 1. The van der Waals surface area contributed by atoms with Crippen LogP contribution >= 0.6 is 0 Å². The fourth-order valence-corrected chi connectivity index (χ4v) is 2.43. The molecule has 0 radical (unpaired) electrons. The van der Waals surface area contributed by atoms with Crippen LogP contribution in [-0.2, 0) is 12.7 Å². The van der Waals surface area contributed by atoms with E-state index >= 15 is 0 Å². The van der Waals surface area contributed by atoms with Gasteiger partial charge in [0.25, 0.3) is 11.5 Å². The number of amides is 1. The number of carbonyl (C=O) groups is 1. The monoisotopic (exact) mass is 361 g/mol. The Balaban J connectivity index is 1.77. The first-order valence-corrected chi connectivity index (χ1v) is 7.68. The molecule has 5 nitrogen and oxygen atoms in total. The van der Waals surface area contributed by atoms with Gasteiger partial charge in [0.2, 0.25) is 0 Å². The lowest BCUT2D eigenvalue weighted by Crippen LogP contribution is -2.31. The summed E-state index contributed by atoms with van der Waals surface area (Å²) >= 11 is 0. The number of hydrogen-bond acceptors (Lipinski definition) is 3. The van der Waals surface area contributed by atoms with E-state index in [1.54, 1.807) is 18.3 Å². The number of rotatable bonds is 3. The van der Waals surface area contributed by atoms with Crippen LogP contribution in [0.2, 0.25) is 0 Å². The lowest BCUT2D eigenvalue weighted by atomic mass is 10.1. The third-order valence-electron chi connectivity index (χ3n) is 3.83. The largest absolute Gasteiger partial charge is 0.416 e. The molecule has 2 aromatic heterocycles. The molecular formula is C18H14F3N3O2. The number of nitrogens with zero attached hydrogens (tertiary/aromatic N) is 2. The van der Waals surface area contributed by atoms with E-state index in [0.717, 1.165) is 17.7 Å². The third kappa shape index (κ3) is 3.58. The number of aromatic nitrogens is 2. The zero-order chi connectivity index (χ0) is 18.9. The molecular weight excluding hydrogens is 347 g/mol. The van der Waals surface area contributed by atoms with Gasteiger partial charge in [0.05, 0.1) is 5.56 Å². The minimum Gasteiger partial charge on any atom is -0.348 e. The van der Waals surface area contributed by atoms with Crippen LogP contribution in [0, 0.1) is 6.92 Å². The first-order valence-electron chi connectivity index (χ1n) is 7.68. The second-order valence-corrected chi connectivity index (χ2v) is 5.79. The predicted octanol–water partition coefficient (Wildman–Crippen LogP) is 2.95. The molecule has 0 aliphatic carbocycles. The fourth-order valence-electron chi connectivity index (χ4n) is 2.43. The molecule has 0 saturated carbocycles. The number of benzene rings is 1. The van der Waals surface area contributed by atoms with E-state index in [1.807, 2.05) is 6.92 Å². The minimum atomic E-state index is -4.41. The normalized spacial score (nSPS) is 11.5. The van der Waals surface area contributed by atoms with E-state index < -0.39 is 23.2 Å². The number of halogens is 3. The van der Waals surface area contributed by atoms with E-state index in [1.165, 1.54) is 22.7 Å². The molecule has 1 N–H and O–H groups in total. The maximum atomic E-state index is 12.5. The molecule has 0 aliphatic heterocycles. The van der Waals surface area contributed by atoms with Crippen molar-refractivity contribution in [1.82, 2.24) is 14.7 Å². The molecule has 2 heterocycles. The van der Waals surface area contributed by atoms with Gasteiger partial charge in [0.1, 0.15) is 11.2 Å². The second-order valence-electron chi connectivity index (χ2n) is 5.79. The summed E-state index contributed by atoms with van der Waals surface area (Å²) in [5.74, 6) is -0.640. The summed E-state index contributed by atoms with van der Waals surface area (Å²) in [4.78, 5) is 28.7. The van der Waals surface area contributed by atoms with Gasteiger partial charge in [0, 0.05) is 18.9 Å². The average molecular weight is 361 g/mol. The summed E-state index contributed by atoms with van der Waals surface area (Å²) in [6, 6.07) is 7.90. The number of carbonyl (C=O) groups excluding carboxylic acids is 1. The summed E-state index contributed by atoms with van der Waals surface area (Å²) in [6.07, 6.45) is -1.64. The average Bonchev–Trinajstić information content (AvgIpc) is 2.60. The van der Waals surface area contributed by atoms with Crippen LogP contribution in [0.1, 0.15) is 27.0 Å². The van der Waals surface area contributed by atoms with Crippen molar-refractivity contribution in [3.05, 3.63) is 81.4 Å². The molecule has 134 valence electrons. The van der Waals surface area contributed by atoms with E-state index in [0.29, 0.717) is 11.2 Å². The molecule has 0 bridgehead atoms. The van der Waals surface area contributed by atoms with Crippen molar-refractivity contribution in [3.8, 4) is 0 Å². The van der Waals surface area contributed by atoms with Crippen LogP contribution in [0.25, 0.3) is 5.65 Å². The number of alkyl halides is 3. The summed E-state index contributed by atoms with van der Waals surface area (Å²) in [5.41, 5.74) is 0.322. The Labute approximate surface area is 146 Å². The molecule has 0 unspecified atom stereocenters. The Morgan fingerprint density at radius 3 is 2.50 bits per heavy atom. The van der Waals surface area contributed by atoms with Gasteiger partial charge in [-0.1, -0.05) is 18.2 Å². The van der Waals surface area contributed by atoms with Crippen LogP contribution in [0.3, 0.4) is 0 Å². The van der Waals surface area contributed by atoms with Crippen molar-refractivity contribution in [2.24, 2.45) is 0 Å². The first kappa shape index (κ1) is 17.7. The molecule has 26 heavy (non-hydrogen) atoms. The van der Waals surface area contributed by atoms with Gasteiger partial charge in [-0.3, -0.25) is 14.0 Å². The van der Waals surface area contributed by atoms with Gasteiger partial charge in [-0.25, -0.2) is 4.98 Å². The summed E-state index contributed by atoms with van der Waals surface area (Å²) in [6.45, 7) is 1.80. The fraction of sp³-hybridized carbons (Fsp3) is 0.167. The Bertz CT molecular complexity index is 1020. The molecule has 0 spiro atoms. The molecule has 1 amide bonds. The van der Waals surface area contributed by atoms with E-state index in [2.05, 4.69) is 10.3 Å². The van der Waals surface area contributed by atoms with Gasteiger partial charge in [0.15, 0.2) is 0 Å². The Kier molecular flexibility index (Phi) is 4.50. The summed E-state index contributed by atoms with van der Waals surface area (Å²) in [7, 11) is 0.